The third-order valence-corrected chi connectivity index (χ3v) is 5.21. The van der Waals surface area contributed by atoms with Crippen molar-refractivity contribution in [3.8, 4) is 11.5 Å². The molecule has 1 aliphatic heterocycles. The number of hydrogen-bond acceptors (Lipinski definition) is 9. The predicted octanol–water partition coefficient (Wildman–Crippen LogP) is 3.21. The second-order valence-corrected chi connectivity index (χ2v) is 7.41. The van der Waals surface area contributed by atoms with Crippen molar-refractivity contribution in [3.63, 3.8) is 0 Å². The Hall–Kier alpha value is -4.45. The summed E-state index contributed by atoms with van der Waals surface area (Å²) in [5, 5.41) is 21.2. The van der Waals surface area contributed by atoms with E-state index in [1.165, 1.54) is 24.7 Å². The molecular formula is C22H17F2N7O3. The normalized spacial score (nSPS) is 14.9. The van der Waals surface area contributed by atoms with Crippen LogP contribution in [-0.2, 0) is 6.05 Å². The molecule has 12 heteroatoms. The van der Waals surface area contributed by atoms with Crippen LogP contribution >= 0.6 is 0 Å². The fourth-order valence-electron chi connectivity index (χ4n) is 3.57. The Bertz CT molecular complexity index is 1330. The van der Waals surface area contributed by atoms with Gasteiger partial charge in [-0.2, -0.15) is 18.7 Å². The maximum absolute atomic E-state index is 14.1. The van der Waals surface area contributed by atoms with Crippen molar-refractivity contribution < 1.29 is 23.2 Å². The Kier molecular flexibility index (Phi) is 5.34. The lowest BCUT2D eigenvalue weighted by molar-refractivity contribution is -0.0241. The Morgan fingerprint density at radius 1 is 1.12 bits per heavy atom. The highest BCUT2D eigenvalue weighted by atomic mass is 19.3. The van der Waals surface area contributed by atoms with E-state index in [1.54, 1.807) is 5.32 Å². The molecule has 4 aromatic rings. The molecule has 2 aromatic heterocycles. The Balaban J connectivity index is 1.48. The second-order valence-electron chi connectivity index (χ2n) is 7.41. The summed E-state index contributed by atoms with van der Waals surface area (Å²) in [6.07, 6.45) is 2.66. The molecule has 4 N–H and O–H groups in total. The highest BCUT2D eigenvalue weighted by Gasteiger charge is 2.44. The van der Waals surface area contributed by atoms with Crippen LogP contribution in [0.25, 0.3) is 11.5 Å². The number of hydrogen-bond donors (Lipinski definition) is 4. The van der Waals surface area contributed by atoms with Gasteiger partial charge in [0.05, 0.1) is 23.8 Å². The van der Waals surface area contributed by atoms with Crippen molar-refractivity contribution in [1.82, 2.24) is 25.4 Å². The molecule has 1 atom stereocenters. The molecule has 0 saturated heterocycles. The number of aromatic nitrogens is 4. The molecule has 0 bridgehead atoms. The topological polar surface area (TPSA) is 138 Å². The van der Waals surface area contributed by atoms with Crippen LogP contribution in [0.5, 0.6) is 0 Å². The van der Waals surface area contributed by atoms with E-state index < -0.39 is 23.6 Å². The van der Waals surface area contributed by atoms with E-state index in [1.807, 2.05) is 30.3 Å². The van der Waals surface area contributed by atoms with Gasteiger partial charge in [0.1, 0.15) is 11.4 Å². The van der Waals surface area contributed by atoms with E-state index in [9.17, 15) is 18.7 Å². The van der Waals surface area contributed by atoms with Crippen LogP contribution in [0.15, 0.2) is 65.6 Å². The highest BCUT2D eigenvalue weighted by Crippen LogP contribution is 2.36. The molecule has 34 heavy (non-hydrogen) atoms. The quantitative estimate of drug-likeness (QED) is 0.303. The summed E-state index contributed by atoms with van der Waals surface area (Å²) in [5.74, 6) is -0.334. The first kappa shape index (κ1) is 21.4. The summed E-state index contributed by atoms with van der Waals surface area (Å²) in [7, 11) is 0. The number of halogens is 2. The summed E-state index contributed by atoms with van der Waals surface area (Å²) >= 11 is 0. The standard InChI is InChI=1S/C22H17F2N7O3/c23-22(24)16-8-13(6-7-14(16)19(33)31-22)28-21-25-9-15(20-26-11-27-34-20)18(30-21)29-17(10-32)12-4-2-1-3-5-12/h1-9,11,17,32H,10H2,(H,31,33)(H2,25,28,29,30)/t17-/m1/s1. The largest absolute Gasteiger partial charge is 0.394 e. The highest BCUT2D eigenvalue weighted by molar-refractivity contribution is 5.99. The van der Waals surface area contributed by atoms with E-state index in [2.05, 4.69) is 30.7 Å². The van der Waals surface area contributed by atoms with Gasteiger partial charge < -0.3 is 20.3 Å². The zero-order valence-corrected chi connectivity index (χ0v) is 17.4. The summed E-state index contributed by atoms with van der Waals surface area (Å²) in [5.41, 5.74) is 0.917. The number of carbonyl (C=O) groups is 1. The molecule has 0 spiro atoms. The number of fused-ring (bicyclic) bond motifs is 1. The first-order valence-corrected chi connectivity index (χ1v) is 10.1. The van der Waals surface area contributed by atoms with Crippen LogP contribution in [0, 0.1) is 0 Å². The number of aliphatic hydroxyl groups excluding tert-OH is 1. The molecule has 0 fully saturated rings. The molecule has 3 heterocycles. The Labute approximate surface area is 191 Å². The van der Waals surface area contributed by atoms with Crippen molar-refractivity contribution in [1.29, 1.82) is 0 Å². The predicted molar refractivity (Wildman–Crippen MR) is 116 cm³/mol. The zero-order valence-electron chi connectivity index (χ0n) is 17.4. The summed E-state index contributed by atoms with van der Waals surface area (Å²) in [4.78, 5) is 24.4. The van der Waals surface area contributed by atoms with Crippen LogP contribution in [0.3, 0.4) is 0 Å². The number of alkyl halides is 2. The number of rotatable bonds is 7. The van der Waals surface area contributed by atoms with E-state index in [-0.39, 0.29) is 35.5 Å². The van der Waals surface area contributed by atoms with E-state index in [0.717, 1.165) is 11.6 Å². The third-order valence-electron chi connectivity index (χ3n) is 5.21. The van der Waals surface area contributed by atoms with Gasteiger partial charge in [0.25, 0.3) is 11.8 Å². The van der Waals surface area contributed by atoms with E-state index in [0.29, 0.717) is 5.56 Å². The van der Waals surface area contributed by atoms with Crippen LogP contribution in [0.4, 0.5) is 26.2 Å². The molecular weight excluding hydrogens is 448 g/mol. The molecule has 1 aliphatic rings. The maximum Gasteiger partial charge on any atom is 0.353 e. The number of anilines is 3. The minimum atomic E-state index is -3.47. The van der Waals surface area contributed by atoms with Gasteiger partial charge in [-0.25, -0.2) is 4.98 Å². The number of carbonyl (C=O) groups excluding carboxylic acids is 1. The molecule has 172 valence electrons. The summed E-state index contributed by atoms with van der Waals surface area (Å²) in [6, 6.07) is 9.20. The first-order chi connectivity index (χ1) is 16.4. The van der Waals surface area contributed by atoms with Crippen molar-refractivity contribution in [2.45, 2.75) is 12.1 Å². The van der Waals surface area contributed by atoms with Crippen LogP contribution in [0.2, 0.25) is 0 Å². The average Bonchev–Trinajstić information content (AvgIpc) is 3.44. The minimum Gasteiger partial charge on any atom is -0.394 e. The van der Waals surface area contributed by atoms with Crippen LogP contribution in [0.1, 0.15) is 27.5 Å². The van der Waals surface area contributed by atoms with Crippen molar-refractivity contribution in [3.05, 3.63) is 77.7 Å². The lowest BCUT2D eigenvalue weighted by atomic mass is 10.1. The first-order valence-electron chi connectivity index (χ1n) is 10.1. The van der Waals surface area contributed by atoms with Crippen LogP contribution in [-0.4, -0.2) is 37.7 Å². The van der Waals surface area contributed by atoms with Crippen molar-refractivity contribution in [2.24, 2.45) is 0 Å². The number of nitrogens with one attached hydrogen (secondary N) is 3. The summed E-state index contributed by atoms with van der Waals surface area (Å²) < 4.78 is 33.3. The molecule has 0 radical (unpaired) electrons. The summed E-state index contributed by atoms with van der Waals surface area (Å²) in [6.45, 7) is -0.235. The number of benzene rings is 2. The SMILES string of the molecule is O=C1NC(F)(F)c2cc(Nc3ncc(-c4ncno4)c(N[C@H](CO)c4ccccc4)n3)ccc21. The third kappa shape index (κ3) is 4.01. The van der Waals surface area contributed by atoms with Crippen molar-refractivity contribution in [2.75, 3.05) is 17.2 Å². The van der Waals surface area contributed by atoms with E-state index in [4.69, 9.17) is 4.52 Å². The second kappa shape index (κ2) is 8.48. The number of amides is 1. The number of nitrogens with zero attached hydrogens (tertiary/aromatic N) is 4. The van der Waals surface area contributed by atoms with Gasteiger partial charge in [0.15, 0.2) is 6.33 Å². The fraction of sp³-hybridized carbons (Fsp3) is 0.136. The van der Waals surface area contributed by atoms with Gasteiger partial charge in [-0.15, -0.1) is 0 Å². The van der Waals surface area contributed by atoms with Gasteiger partial charge in [0.2, 0.25) is 5.95 Å². The zero-order chi connectivity index (χ0) is 23.7. The molecule has 2 aromatic carbocycles. The molecule has 0 unspecified atom stereocenters. The smallest absolute Gasteiger partial charge is 0.353 e. The van der Waals surface area contributed by atoms with Gasteiger partial charge >= 0.3 is 6.05 Å². The van der Waals surface area contributed by atoms with Gasteiger partial charge in [-0.1, -0.05) is 35.5 Å². The van der Waals surface area contributed by atoms with Gasteiger partial charge in [-0.05, 0) is 23.8 Å². The lowest BCUT2D eigenvalue weighted by Crippen LogP contribution is -2.29. The Morgan fingerprint density at radius 2 is 1.94 bits per heavy atom. The molecule has 1 amide bonds. The van der Waals surface area contributed by atoms with E-state index >= 15 is 0 Å². The van der Waals surface area contributed by atoms with Crippen molar-refractivity contribution >= 4 is 23.4 Å². The van der Waals surface area contributed by atoms with Crippen LogP contribution < -0.4 is 16.0 Å². The van der Waals surface area contributed by atoms with Gasteiger partial charge in [-0.3, -0.25) is 10.1 Å². The average molecular weight is 465 g/mol. The molecule has 0 saturated carbocycles. The van der Waals surface area contributed by atoms with Gasteiger partial charge in [0, 0.05) is 11.9 Å². The fourth-order valence-corrected chi connectivity index (χ4v) is 3.57. The molecule has 5 rings (SSSR count). The minimum absolute atomic E-state index is 0.0797. The monoisotopic (exact) mass is 465 g/mol. The lowest BCUT2D eigenvalue weighted by Gasteiger charge is -2.19. The Morgan fingerprint density at radius 3 is 2.68 bits per heavy atom. The maximum atomic E-state index is 14.1. The molecule has 0 aliphatic carbocycles. The molecule has 10 nitrogen and oxygen atoms in total. The number of aliphatic hydroxyl groups is 1.